The molecule has 12 heteroatoms. The summed E-state index contributed by atoms with van der Waals surface area (Å²) in [5.41, 5.74) is 1.63. The van der Waals surface area contributed by atoms with Crippen LogP contribution in [-0.4, -0.2) is 33.5 Å². The number of imide groups is 1. The third-order valence-corrected chi connectivity index (χ3v) is 6.56. The maximum atomic E-state index is 12.8. The van der Waals surface area contributed by atoms with Crippen molar-refractivity contribution in [3.8, 4) is 5.75 Å². The van der Waals surface area contributed by atoms with E-state index >= 15 is 0 Å². The molecular formula is C25H17Cl2N3O6S. The van der Waals surface area contributed by atoms with E-state index in [-0.39, 0.29) is 40.4 Å². The molecule has 0 atom stereocenters. The fourth-order valence-electron chi connectivity index (χ4n) is 3.29. The lowest BCUT2D eigenvalue weighted by Gasteiger charge is -2.12. The third kappa shape index (κ3) is 6.67. The van der Waals surface area contributed by atoms with Crippen molar-refractivity contribution in [3.05, 3.63) is 103 Å². The number of nitro benzene ring substituents is 1. The normalized spacial score (nSPS) is 14.2. The van der Waals surface area contributed by atoms with Gasteiger partial charge >= 0.3 is 0 Å². The molecule has 3 aromatic carbocycles. The second-order valence-electron chi connectivity index (χ2n) is 7.73. The van der Waals surface area contributed by atoms with Crippen molar-refractivity contribution in [1.82, 2.24) is 4.90 Å². The lowest BCUT2D eigenvalue weighted by molar-refractivity contribution is -0.384. The van der Waals surface area contributed by atoms with Gasteiger partial charge in [-0.25, -0.2) is 0 Å². The largest absolute Gasteiger partial charge is 0.482 e. The Balaban J connectivity index is 1.37. The van der Waals surface area contributed by atoms with Crippen molar-refractivity contribution >= 4 is 69.5 Å². The van der Waals surface area contributed by atoms with Gasteiger partial charge in [-0.2, -0.15) is 0 Å². The number of halogens is 2. The Labute approximate surface area is 225 Å². The standard InChI is InChI=1S/C25H17Cl2N3O6S/c26-17-4-6-18(7-5-17)28-23(31)14-36-21-10-3-16(11-20(21)27)12-22-24(32)29(25(33)37-22)13-15-1-8-19(9-2-15)30(34)35/h1-12H,13-14H2,(H,28,31)/b22-12-. The van der Waals surface area contributed by atoms with E-state index in [0.29, 0.717) is 21.8 Å². The minimum absolute atomic E-state index is 0.00831. The maximum Gasteiger partial charge on any atom is 0.293 e. The summed E-state index contributed by atoms with van der Waals surface area (Å²) in [6.07, 6.45) is 1.53. The topological polar surface area (TPSA) is 119 Å². The fourth-order valence-corrected chi connectivity index (χ4v) is 4.50. The van der Waals surface area contributed by atoms with Crippen LogP contribution in [0.15, 0.2) is 71.6 Å². The minimum Gasteiger partial charge on any atom is -0.482 e. The summed E-state index contributed by atoms with van der Waals surface area (Å²) >= 11 is 12.9. The molecule has 0 spiro atoms. The quantitative estimate of drug-likeness (QED) is 0.200. The Morgan fingerprint density at radius 2 is 1.76 bits per heavy atom. The van der Waals surface area contributed by atoms with Crippen molar-refractivity contribution in [2.75, 3.05) is 11.9 Å². The Hall–Kier alpha value is -3.86. The van der Waals surface area contributed by atoms with Gasteiger partial charge in [0.15, 0.2) is 6.61 Å². The van der Waals surface area contributed by atoms with Crippen LogP contribution in [0.5, 0.6) is 5.75 Å². The number of nitrogens with one attached hydrogen (secondary N) is 1. The van der Waals surface area contributed by atoms with E-state index in [4.69, 9.17) is 27.9 Å². The molecule has 0 saturated carbocycles. The van der Waals surface area contributed by atoms with Gasteiger partial charge in [0.25, 0.3) is 22.7 Å². The first-order valence-corrected chi connectivity index (χ1v) is 12.2. The predicted octanol–water partition coefficient (Wildman–Crippen LogP) is 6.16. The number of anilines is 1. The average Bonchev–Trinajstić information content (AvgIpc) is 3.12. The van der Waals surface area contributed by atoms with Gasteiger partial charge in [-0.05, 0) is 65.4 Å². The van der Waals surface area contributed by atoms with Gasteiger partial charge < -0.3 is 10.1 Å². The maximum absolute atomic E-state index is 12.8. The van der Waals surface area contributed by atoms with E-state index in [1.54, 1.807) is 42.5 Å². The van der Waals surface area contributed by atoms with E-state index in [1.807, 2.05) is 0 Å². The Morgan fingerprint density at radius 3 is 2.41 bits per heavy atom. The molecule has 188 valence electrons. The SMILES string of the molecule is O=C(COc1ccc(/C=C2\SC(=O)N(Cc3ccc([N+](=O)[O-])cc3)C2=O)cc1Cl)Nc1ccc(Cl)cc1. The summed E-state index contributed by atoms with van der Waals surface area (Å²) in [5, 5.41) is 13.8. The van der Waals surface area contributed by atoms with Crippen LogP contribution in [0.4, 0.5) is 16.2 Å². The number of carbonyl (C=O) groups is 3. The third-order valence-electron chi connectivity index (χ3n) is 5.10. The number of carbonyl (C=O) groups excluding carboxylic acids is 3. The summed E-state index contributed by atoms with van der Waals surface area (Å²) in [6.45, 7) is -0.283. The molecule has 1 N–H and O–H groups in total. The summed E-state index contributed by atoms with van der Waals surface area (Å²) in [4.78, 5) is 48.9. The summed E-state index contributed by atoms with van der Waals surface area (Å²) in [6, 6.07) is 17.0. The number of thioether (sulfide) groups is 1. The van der Waals surface area contributed by atoms with E-state index < -0.39 is 16.1 Å². The summed E-state index contributed by atoms with van der Waals surface area (Å²) < 4.78 is 5.50. The molecule has 1 fully saturated rings. The van der Waals surface area contributed by atoms with Gasteiger partial charge in [0.2, 0.25) is 0 Å². The van der Waals surface area contributed by atoms with E-state index in [1.165, 1.54) is 30.3 Å². The van der Waals surface area contributed by atoms with Crippen LogP contribution < -0.4 is 10.1 Å². The van der Waals surface area contributed by atoms with Gasteiger partial charge in [0.1, 0.15) is 5.75 Å². The van der Waals surface area contributed by atoms with Crippen molar-refractivity contribution in [2.45, 2.75) is 6.54 Å². The lowest BCUT2D eigenvalue weighted by atomic mass is 10.2. The van der Waals surface area contributed by atoms with E-state index in [2.05, 4.69) is 5.32 Å². The van der Waals surface area contributed by atoms with Gasteiger partial charge in [0.05, 0.1) is 21.4 Å². The molecule has 4 rings (SSSR count). The van der Waals surface area contributed by atoms with Crippen molar-refractivity contribution in [3.63, 3.8) is 0 Å². The number of hydrogen-bond acceptors (Lipinski definition) is 7. The second kappa shape index (κ2) is 11.5. The molecular weight excluding hydrogens is 541 g/mol. The van der Waals surface area contributed by atoms with Crippen molar-refractivity contribution in [2.24, 2.45) is 0 Å². The molecule has 9 nitrogen and oxygen atoms in total. The average molecular weight is 558 g/mol. The molecule has 0 radical (unpaired) electrons. The number of nitrogens with zero attached hydrogens (tertiary/aromatic N) is 2. The van der Waals surface area contributed by atoms with Gasteiger partial charge in [-0.1, -0.05) is 41.4 Å². The van der Waals surface area contributed by atoms with Gasteiger partial charge in [-0.15, -0.1) is 0 Å². The number of rotatable bonds is 8. The monoisotopic (exact) mass is 557 g/mol. The molecule has 3 aromatic rings. The smallest absolute Gasteiger partial charge is 0.293 e. The first kappa shape index (κ1) is 26.2. The summed E-state index contributed by atoms with van der Waals surface area (Å²) in [7, 11) is 0. The molecule has 0 unspecified atom stereocenters. The Kier molecular flexibility index (Phi) is 8.12. The zero-order valence-corrected chi connectivity index (χ0v) is 21.2. The number of nitro groups is 1. The molecule has 0 bridgehead atoms. The number of non-ortho nitro benzene ring substituents is 1. The van der Waals surface area contributed by atoms with Crippen molar-refractivity contribution in [1.29, 1.82) is 0 Å². The lowest BCUT2D eigenvalue weighted by Crippen LogP contribution is -2.27. The van der Waals surface area contributed by atoms with Crippen LogP contribution in [0.2, 0.25) is 10.0 Å². The first-order chi connectivity index (χ1) is 17.7. The van der Waals surface area contributed by atoms with E-state index in [9.17, 15) is 24.5 Å². The van der Waals surface area contributed by atoms with Crippen LogP contribution in [0.25, 0.3) is 6.08 Å². The first-order valence-electron chi connectivity index (χ1n) is 10.7. The highest BCUT2D eigenvalue weighted by Gasteiger charge is 2.35. The highest BCUT2D eigenvalue weighted by molar-refractivity contribution is 8.18. The number of amides is 3. The van der Waals surface area contributed by atoms with E-state index in [0.717, 1.165) is 16.7 Å². The van der Waals surface area contributed by atoms with Crippen molar-refractivity contribution < 1.29 is 24.0 Å². The summed E-state index contributed by atoms with van der Waals surface area (Å²) in [5.74, 6) is -0.593. The van der Waals surface area contributed by atoms with Gasteiger partial charge in [-0.3, -0.25) is 29.4 Å². The highest BCUT2D eigenvalue weighted by atomic mass is 35.5. The predicted molar refractivity (Wildman–Crippen MR) is 142 cm³/mol. The zero-order valence-electron chi connectivity index (χ0n) is 18.9. The molecule has 1 aliphatic heterocycles. The zero-order chi connectivity index (χ0) is 26.5. The second-order valence-corrected chi connectivity index (χ2v) is 9.56. The van der Waals surface area contributed by atoms with Crippen LogP contribution >= 0.6 is 35.0 Å². The number of ether oxygens (including phenoxy) is 1. The molecule has 3 amide bonds. The van der Waals surface area contributed by atoms with Crippen LogP contribution in [0, 0.1) is 10.1 Å². The van der Waals surface area contributed by atoms with Gasteiger partial charge in [0, 0.05) is 22.8 Å². The Morgan fingerprint density at radius 1 is 1.05 bits per heavy atom. The minimum atomic E-state index is -0.524. The number of benzene rings is 3. The highest BCUT2D eigenvalue weighted by Crippen LogP contribution is 2.35. The van der Waals surface area contributed by atoms with Crippen LogP contribution in [0.3, 0.4) is 0 Å². The molecule has 0 aliphatic carbocycles. The van der Waals surface area contributed by atoms with Crippen LogP contribution in [0.1, 0.15) is 11.1 Å². The van der Waals surface area contributed by atoms with Crippen LogP contribution in [-0.2, 0) is 16.1 Å². The molecule has 1 heterocycles. The molecule has 37 heavy (non-hydrogen) atoms. The molecule has 1 saturated heterocycles. The molecule has 0 aromatic heterocycles. The Bertz CT molecular complexity index is 1410. The fraction of sp³-hybridized carbons (Fsp3) is 0.0800. The number of hydrogen-bond donors (Lipinski definition) is 1. The molecule has 1 aliphatic rings.